The van der Waals surface area contributed by atoms with Gasteiger partial charge in [0.15, 0.2) is 0 Å². The van der Waals surface area contributed by atoms with Crippen LogP contribution in [-0.2, 0) is 6.42 Å². The smallest absolute Gasteiger partial charge is 0.00983 e. The van der Waals surface area contributed by atoms with Gasteiger partial charge >= 0.3 is 0 Å². The summed E-state index contributed by atoms with van der Waals surface area (Å²) in [6, 6.07) is 9.94. The fraction of sp³-hybridized carbons (Fsp3) is 0.667. The van der Waals surface area contributed by atoms with Gasteiger partial charge < -0.3 is 5.32 Å². The lowest BCUT2D eigenvalue weighted by molar-refractivity contribution is 0.412. The van der Waals surface area contributed by atoms with E-state index in [-0.39, 0.29) is 0 Å². The van der Waals surface area contributed by atoms with E-state index in [1.807, 2.05) is 0 Å². The van der Waals surface area contributed by atoms with Crippen molar-refractivity contribution in [3.05, 3.63) is 35.4 Å². The highest BCUT2D eigenvalue weighted by molar-refractivity contribution is 5.31. The molecule has 0 aliphatic heterocycles. The van der Waals surface area contributed by atoms with Crippen LogP contribution >= 0.6 is 0 Å². The molecule has 1 atom stereocenters. The summed E-state index contributed by atoms with van der Waals surface area (Å²) in [4.78, 5) is 0. The Balaban J connectivity index is 1.62. The Morgan fingerprint density at radius 1 is 1.16 bits per heavy atom. The molecule has 19 heavy (non-hydrogen) atoms. The first-order valence-electron chi connectivity index (χ1n) is 8.19. The largest absolute Gasteiger partial charge is 0.314 e. The summed E-state index contributed by atoms with van der Waals surface area (Å²) >= 11 is 0. The summed E-state index contributed by atoms with van der Waals surface area (Å²) in [6.07, 6.45) is 9.74. The van der Waals surface area contributed by atoms with E-state index in [2.05, 4.69) is 36.5 Å². The number of hydrogen-bond acceptors (Lipinski definition) is 1. The van der Waals surface area contributed by atoms with E-state index in [4.69, 9.17) is 0 Å². The monoisotopic (exact) mass is 257 g/mol. The second-order valence-corrected chi connectivity index (χ2v) is 6.37. The summed E-state index contributed by atoms with van der Waals surface area (Å²) in [5.41, 5.74) is 3.27. The summed E-state index contributed by atoms with van der Waals surface area (Å²) in [6.45, 7) is 3.35. The van der Waals surface area contributed by atoms with Crippen molar-refractivity contribution in [2.24, 2.45) is 5.92 Å². The van der Waals surface area contributed by atoms with Crippen LogP contribution in [0.15, 0.2) is 24.3 Å². The maximum Gasteiger partial charge on any atom is 0.00983 e. The van der Waals surface area contributed by atoms with Crippen LogP contribution in [0.5, 0.6) is 0 Å². The van der Waals surface area contributed by atoms with Gasteiger partial charge in [0, 0.05) is 6.04 Å². The van der Waals surface area contributed by atoms with Gasteiger partial charge in [-0.1, -0.05) is 37.6 Å². The van der Waals surface area contributed by atoms with Crippen LogP contribution in [0.2, 0.25) is 0 Å². The summed E-state index contributed by atoms with van der Waals surface area (Å²) in [7, 11) is 0. The van der Waals surface area contributed by atoms with Gasteiger partial charge in [-0.25, -0.2) is 0 Å². The lowest BCUT2D eigenvalue weighted by atomic mass is 9.77. The van der Waals surface area contributed by atoms with Gasteiger partial charge in [-0.15, -0.1) is 0 Å². The fourth-order valence-corrected chi connectivity index (χ4v) is 3.46. The molecule has 1 aromatic rings. The van der Waals surface area contributed by atoms with Crippen LogP contribution in [0.25, 0.3) is 0 Å². The molecule has 0 aromatic heterocycles. The average Bonchev–Trinajstić information content (AvgIpc) is 3.18. The molecule has 104 valence electrons. The first kappa shape index (κ1) is 13.2. The molecule has 1 N–H and O–H groups in total. The predicted molar refractivity (Wildman–Crippen MR) is 81.5 cm³/mol. The zero-order chi connectivity index (χ0) is 13.1. The maximum atomic E-state index is 3.69. The lowest BCUT2D eigenvalue weighted by Gasteiger charge is -2.28. The summed E-state index contributed by atoms with van der Waals surface area (Å²) in [5, 5.41) is 3.69. The quantitative estimate of drug-likeness (QED) is 0.769. The highest BCUT2D eigenvalue weighted by atomic mass is 14.9. The molecule has 0 heterocycles. The van der Waals surface area contributed by atoms with Gasteiger partial charge in [0.2, 0.25) is 0 Å². The molecule has 2 fully saturated rings. The molecule has 2 aliphatic carbocycles. The van der Waals surface area contributed by atoms with Gasteiger partial charge in [0.1, 0.15) is 0 Å². The van der Waals surface area contributed by atoms with Gasteiger partial charge in [-0.05, 0) is 68.0 Å². The van der Waals surface area contributed by atoms with Crippen molar-refractivity contribution in [3.63, 3.8) is 0 Å². The second kappa shape index (κ2) is 6.09. The number of hydrogen-bond donors (Lipinski definition) is 1. The van der Waals surface area contributed by atoms with E-state index >= 15 is 0 Å². The van der Waals surface area contributed by atoms with E-state index in [0.717, 1.165) is 24.4 Å². The van der Waals surface area contributed by atoms with E-state index in [1.54, 1.807) is 11.1 Å². The lowest BCUT2D eigenvalue weighted by Crippen LogP contribution is -2.31. The first-order valence-corrected chi connectivity index (χ1v) is 8.19. The number of benzene rings is 1. The van der Waals surface area contributed by atoms with Crippen molar-refractivity contribution < 1.29 is 0 Å². The average molecular weight is 257 g/mol. The number of aryl methyl sites for hydroxylation is 1. The SMILES string of the molecule is CCNC(CCc1ccccc1C1CCC1)C1CC1. The molecule has 0 spiro atoms. The third kappa shape index (κ3) is 3.20. The topological polar surface area (TPSA) is 12.0 Å². The summed E-state index contributed by atoms with van der Waals surface area (Å²) in [5.74, 6) is 1.84. The molecular weight excluding hydrogens is 230 g/mol. The predicted octanol–water partition coefficient (Wildman–Crippen LogP) is 4.27. The van der Waals surface area contributed by atoms with Gasteiger partial charge in [-0.3, -0.25) is 0 Å². The molecule has 1 unspecified atom stereocenters. The van der Waals surface area contributed by atoms with E-state index in [1.165, 1.54) is 44.9 Å². The van der Waals surface area contributed by atoms with Crippen molar-refractivity contribution >= 4 is 0 Å². The molecule has 1 aromatic carbocycles. The molecule has 0 bridgehead atoms. The molecule has 1 heteroatoms. The minimum Gasteiger partial charge on any atom is -0.314 e. The van der Waals surface area contributed by atoms with Gasteiger partial charge in [0.25, 0.3) is 0 Å². The highest BCUT2D eigenvalue weighted by Gasteiger charge is 2.30. The molecular formula is C18H27N. The molecule has 0 radical (unpaired) electrons. The van der Waals surface area contributed by atoms with Crippen LogP contribution in [0, 0.1) is 5.92 Å². The minimum atomic E-state index is 0.763. The highest BCUT2D eigenvalue weighted by Crippen LogP contribution is 2.39. The van der Waals surface area contributed by atoms with E-state index in [9.17, 15) is 0 Å². The van der Waals surface area contributed by atoms with Crippen molar-refractivity contribution in [3.8, 4) is 0 Å². The zero-order valence-electron chi connectivity index (χ0n) is 12.2. The van der Waals surface area contributed by atoms with E-state index in [0.29, 0.717) is 0 Å². The second-order valence-electron chi connectivity index (χ2n) is 6.37. The van der Waals surface area contributed by atoms with Gasteiger partial charge in [-0.2, -0.15) is 0 Å². The van der Waals surface area contributed by atoms with Crippen LogP contribution in [0.3, 0.4) is 0 Å². The molecule has 1 nitrogen and oxygen atoms in total. The Labute approximate surface area is 117 Å². The standard InChI is InChI=1S/C18H27N/c1-2-19-18(16-10-11-16)13-12-15-6-3-4-9-17(15)14-7-5-8-14/h3-4,6,9,14,16,18-19H,2,5,7-8,10-13H2,1H3. The van der Waals surface area contributed by atoms with Crippen molar-refractivity contribution in [2.45, 2.75) is 63.8 Å². The van der Waals surface area contributed by atoms with Gasteiger partial charge in [0.05, 0.1) is 0 Å². The number of nitrogens with one attached hydrogen (secondary N) is 1. The third-order valence-electron chi connectivity index (χ3n) is 4.98. The Hall–Kier alpha value is -0.820. The molecule has 0 saturated heterocycles. The molecule has 2 aliphatic rings. The fourth-order valence-electron chi connectivity index (χ4n) is 3.46. The Morgan fingerprint density at radius 2 is 1.95 bits per heavy atom. The normalized spacial score (nSPS) is 21.1. The van der Waals surface area contributed by atoms with Crippen molar-refractivity contribution in [2.75, 3.05) is 6.54 Å². The summed E-state index contributed by atoms with van der Waals surface area (Å²) < 4.78 is 0. The van der Waals surface area contributed by atoms with Crippen LogP contribution in [-0.4, -0.2) is 12.6 Å². The molecule has 2 saturated carbocycles. The van der Waals surface area contributed by atoms with Crippen LogP contribution < -0.4 is 5.32 Å². The minimum absolute atomic E-state index is 0.763. The van der Waals surface area contributed by atoms with Crippen molar-refractivity contribution in [1.29, 1.82) is 0 Å². The van der Waals surface area contributed by atoms with Crippen LogP contribution in [0.1, 0.15) is 62.5 Å². The Kier molecular flexibility index (Phi) is 4.22. The molecule has 3 rings (SSSR count). The zero-order valence-corrected chi connectivity index (χ0v) is 12.2. The Bertz CT molecular complexity index is 404. The van der Waals surface area contributed by atoms with Crippen molar-refractivity contribution in [1.82, 2.24) is 5.32 Å². The Morgan fingerprint density at radius 3 is 2.58 bits per heavy atom. The van der Waals surface area contributed by atoms with Crippen LogP contribution in [0.4, 0.5) is 0 Å². The molecule has 0 amide bonds. The first-order chi connectivity index (χ1) is 9.38. The number of rotatable bonds is 7. The van der Waals surface area contributed by atoms with E-state index < -0.39 is 0 Å². The maximum absolute atomic E-state index is 3.69. The third-order valence-corrected chi connectivity index (χ3v) is 4.98.